The number of hydrogen-bond acceptors (Lipinski definition) is 4. The van der Waals surface area contributed by atoms with Crippen LogP contribution in [0.25, 0.3) is 0 Å². The SMILES string of the molecule is COCCCCC[C-]=O.COCCCCC[C-]=O.[Y]. The summed E-state index contributed by atoms with van der Waals surface area (Å²) in [4.78, 5) is 19.4. The Hall–Kier alpha value is 0.364. The topological polar surface area (TPSA) is 52.6 Å². The van der Waals surface area contributed by atoms with Gasteiger partial charge in [-0.2, -0.15) is 12.8 Å². The van der Waals surface area contributed by atoms with Gasteiger partial charge in [-0.25, -0.2) is 0 Å². The molecule has 0 N–H and O–H groups in total. The van der Waals surface area contributed by atoms with Crippen molar-refractivity contribution in [1.29, 1.82) is 0 Å². The maximum atomic E-state index is 9.68. The molecule has 19 heavy (non-hydrogen) atoms. The van der Waals surface area contributed by atoms with E-state index in [1.165, 1.54) is 0 Å². The fraction of sp³-hybridized carbons (Fsp3) is 0.857. The zero-order chi connectivity index (χ0) is 13.9. The summed E-state index contributed by atoms with van der Waals surface area (Å²) in [5.41, 5.74) is 0. The molecule has 1 radical (unpaired) electrons. The Morgan fingerprint density at radius 3 is 1.32 bits per heavy atom. The van der Waals surface area contributed by atoms with E-state index in [1.54, 1.807) is 14.2 Å². The Labute approximate surface area is 142 Å². The molecule has 0 aromatic rings. The van der Waals surface area contributed by atoms with Gasteiger partial charge in [-0.3, -0.25) is 12.6 Å². The van der Waals surface area contributed by atoms with Gasteiger partial charge in [0.25, 0.3) is 0 Å². The van der Waals surface area contributed by atoms with Crippen LogP contribution in [-0.2, 0) is 51.8 Å². The van der Waals surface area contributed by atoms with Gasteiger partial charge in [0.05, 0.1) is 0 Å². The van der Waals surface area contributed by atoms with E-state index in [0.29, 0.717) is 12.8 Å². The average Bonchev–Trinajstić information content (AvgIpc) is 2.39. The molecule has 0 aliphatic carbocycles. The molecule has 111 valence electrons. The quantitative estimate of drug-likeness (QED) is 0.402. The van der Waals surface area contributed by atoms with E-state index in [4.69, 9.17) is 9.47 Å². The number of hydrogen-bond donors (Lipinski definition) is 0. The van der Waals surface area contributed by atoms with Crippen LogP contribution in [0.4, 0.5) is 0 Å². The molecule has 0 saturated heterocycles. The molecule has 0 aliphatic heterocycles. The Morgan fingerprint density at radius 1 is 0.684 bits per heavy atom. The van der Waals surface area contributed by atoms with Crippen LogP contribution in [0.2, 0.25) is 0 Å². The molecule has 4 nitrogen and oxygen atoms in total. The first-order valence-corrected chi connectivity index (χ1v) is 6.51. The zero-order valence-corrected chi connectivity index (χ0v) is 15.1. The number of unbranched alkanes of at least 4 members (excludes halogenated alkanes) is 6. The summed E-state index contributed by atoms with van der Waals surface area (Å²) in [6, 6.07) is 0. The number of ether oxygens (including phenoxy) is 2. The maximum Gasteiger partial charge on any atom is 0.0462 e. The largest absolute Gasteiger partial charge is 0.542 e. The monoisotopic (exact) mass is 347 g/mol. The summed E-state index contributed by atoms with van der Waals surface area (Å²) >= 11 is 0. The van der Waals surface area contributed by atoms with Gasteiger partial charge in [0.15, 0.2) is 0 Å². The first kappa shape index (κ1) is 24.4. The molecular weight excluding hydrogens is 321 g/mol. The van der Waals surface area contributed by atoms with E-state index in [-0.39, 0.29) is 32.7 Å². The van der Waals surface area contributed by atoms with Crippen molar-refractivity contribution in [1.82, 2.24) is 0 Å². The van der Waals surface area contributed by atoms with Crippen LogP contribution >= 0.6 is 0 Å². The smallest absolute Gasteiger partial charge is 0.0462 e. The molecule has 0 rings (SSSR count). The molecule has 0 fully saturated rings. The third kappa shape index (κ3) is 32.2. The standard InChI is InChI=1S/2C7H13O2.Y/c2*1-9-7-5-3-2-4-6-8;/h2*2-5,7H2,1H3;/q2*-1;. The second kappa shape index (κ2) is 26.8. The summed E-state index contributed by atoms with van der Waals surface area (Å²) in [5, 5.41) is 0. The molecule has 5 heteroatoms. The molecule has 0 heterocycles. The van der Waals surface area contributed by atoms with Crippen LogP contribution < -0.4 is 0 Å². The van der Waals surface area contributed by atoms with Crippen LogP contribution in [0.1, 0.15) is 51.4 Å². The molecule has 0 bridgehead atoms. The van der Waals surface area contributed by atoms with Crippen molar-refractivity contribution in [3.63, 3.8) is 0 Å². The molecular formula is C14H26O4Y-2. The fourth-order valence-corrected chi connectivity index (χ4v) is 1.24. The Bertz CT molecular complexity index is 148. The average molecular weight is 347 g/mol. The van der Waals surface area contributed by atoms with Crippen molar-refractivity contribution in [3.05, 3.63) is 0 Å². The van der Waals surface area contributed by atoms with Crippen molar-refractivity contribution in [3.8, 4) is 0 Å². The van der Waals surface area contributed by atoms with E-state index in [2.05, 4.69) is 0 Å². The first-order chi connectivity index (χ1) is 8.83. The van der Waals surface area contributed by atoms with Crippen molar-refractivity contribution in [2.45, 2.75) is 51.4 Å². The van der Waals surface area contributed by atoms with Gasteiger partial charge in [0.1, 0.15) is 0 Å². The summed E-state index contributed by atoms with van der Waals surface area (Å²) in [6.07, 6.45) is 11.0. The molecule has 0 aromatic carbocycles. The first-order valence-electron chi connectivity index (χ1n) is 6.51. The van der Waals surface area contributed by atoms with E-state index < -0.39 is 0 Å². The Kier molecular flexibility index (Phi) is 34.4. The minimum atomic E-state index is 0. The summed E-state index contributed by atoms with van der Waals surface area (Å²) in [7, 11) is 3.37. The normalized spacial score (nSPS) is 8.95. The minimum absolute atomic E-state index is 0. The van der Waals surface area contributed by atoms with Gasteiger partial charge in [-0.1, -0.05) is 25.7 Å². The van der Waals surface area contributed by atoms with E-state index >= 15 is 0 Å². The Balaban J connectivity index is -0.000000256. The summed E-state index contributed by atoms with van der Waals surface area (Å²) in [5.74, 6) is 0. The van der Waals surface area contributed by atoms with Gasteiger partial charge in [-0.05, 0) is 12.8 Å². The predicted molar refractivity (Wildman–Crippen MR) is 72.1 cm³/mol. The third-order valence-electron chi connectivity index (χ3n) is 2.25. The second-order valence-corrected chi connectivity index (χ2v) is 3.90. The van der Waals surface area contributed by atoms with E-state index in [0.717, 1.165) is 51.7 Å². The molecule has 0 saturated carbocycles. The van der Waals surface area contributed by atoms with Crippen LogP contribution in [0.15, 0.2) is 0 Å². The molecule has 0 aromatic heterocycles. The molecule has 0 unspecified atom stereocenters. The zero-order valence-electron chi connectivity index (χ0n) is 12.3. The fourth-order valence-electron chi connectivity index (χ4n) is 1.24. The molecule has 0 atom stereocenters. The predicted octanol–water partition coefficient (Wildman–Crippen LogP) is 2.60. The van der Waals surface area contributed by atoms with Gasteiger partial charge in [0.2, 0.25) is 0 Å². The second-order valence-electron chi connectivity index (χ2n) is 3.90. The summed E-state index contributed by atoms with van der Waals surface area (Å²) < 4.78 is 9.65. The third-order valence-corrected chi connectivity index (χ3v) is 2.25. The van der Waals surface area contributed by atoms with Crippen molar-refractivity contribution >= 4 is 12.6 Å². The van der Waals surface area contributed by atoms with Gasteiger partial charge >= 0.3 is 0 Å². The Morgan fingerprint density at radius 2 is 1.05 bits per heavy atom. The maximum absolute atomic E-state index is 9.68. The van der Waals surface area contributed by atoms with Crippen molar-refractivity contribution < 1.29 is 51.8 Å². The number of carbonyl (C=O) groups excluding carboxylic acids is 2. The van der Waals surface area contributed by atoms with Crippen LogP contribution in [0.5, 0.6) is 0 Å². The van der Waals surface area contributed by atoms with Crippen LogP contribution in [0, 0.1) is 0 Å². The van der Waals surface area contributed by atoms with Gasteiger partial charge in [-0.15, -0.1) is 0 Å². The van der Waals surface area contributed by atoms with Crippen molar-refractivity contribution in [2.24, 2.45) is 0 Å². The van der Waals surface area contributed by atoms with Crippen molar-refractivity contribution in [2.75, 3.05) is 27.4 Å². The number of methoxy groups -OCH3 is 2. The van der Waals surface area contributed by atoms with Crippen LogP contribution in [-0.4, -0.2) is 40.0 Å². The summed E-state index contributed by atoms with van der Waals surface area (Å²) in [6.45, 7) is 1.61. The van der Waals surface area contributed by atoms with Crippen LogP contribution in [0.3, 0.4) is 0 Å². The van der Waals surface area contributed by atoms with Gasteiger partial charge in [0, 0.05) is 60.1 Å². The van der Waals surface area contributed by atoms with Gasteiger partial charge < -0.3 is 19.1 Å². The number of rotatable bonds is 12. The van der Waals surface area contributed by atoms with E-state index in [9.17, 15) is 9.59 Å². The molecule has 0 amide bonds. The van der Waals surface area contributed by atoms with E-state index in [1.807, 2.05) is 12.6 Å². The minimum Gasteiger partial charge on any atom is -0.542 e. The molecule has 0 aliphatic rings. The molecule has 0 spiro atoms.